The second kappa shape index (κ2) is 8.32. The average Bonchev–Trinajstić information content (AvgIpc) is 3.01. The fourth-order valence-electron chi connectivity index (χ4n) is 2.52. The van der Waals surface area contributed by atoms with Crippen LogP contribution in [0.4, 0.5) is 0 Å². The highest BCUT2D eigenvalue weighted by atomic mass is 35.5. The molecule has 0 spiro atoms. The lowest BCUT2D eigenvalue weighted by atomic mass is 10.1. The minimum atomic E-state index is 0. The summed E-state index contributed by atoms with van der Waals surface area (Å²) in [6.45, 7) is 1.89. The molecule has 2 aliphatic heterocycles. The summed E-state index contributed by atoms with van der Waals surface area (Å²) < 4.78 is 0.542. The van der Waals surface area contributed by atoms with Gasteiger partial charge in [-0.25, -0.2) is 0 Å². The number of hydrogen-bond donors (Lipinski definition) is 2. The van der Waals surface area contributed by atoms with Crippen LogP contribution in [-0.2, 0) is 0 Å². The van der Waals surface area contributed by atoms with Gasteiger partial charge in [-0.1, -0.05) is 12.1 Å². The molecule has 2 aliphatic rings. The first-order valence-corrected chi connectivity index (χ1v) is 9.27. The molecule has 1 aromatic carbocycles. The number of carbonyl (C=O) groups excluding carboxylic acids is 1. The van der Waals surface area contributed by atoms with Crippen molar-refractivity contribution in [3.05, 3.63) is 35.4 Å². The van der Waals surface area contributed by atoms with Crippen LogP contribution in [0.1, 0.15) is 33.3 Å². The molecule has 0 radical (unpaired) electrons. The predicted octanol–water partition coefficient (Wildman–Crippen LogP) is 3.07. The van der Waals surface area contributed by atoms with Gasteiger partial charge in [-0.2, -0.15) is 0 Å². The van der Waals surface area contributed by atoms with Crippen molar-refractivity contribution in [1.29, 1.82) is 0 Å². The van der Waals surface area contributed by atoms with E-state index in [0.717, 1.165) is 25.1 Å². The van der Waals surface area contributed by atoms with Crippen molar-refractivity contribution in [3.8, 4) is 0 Å². The van der Waals surface area contributed by atoms with Gasteiger partial charge < -0.3 is 10.6 Å². The van der Waals surface area contributed by atoms with Gasteiger partial charge in [0.05, 0.1) is 4.58 Å². The van der Waals surface area contributed by atoms with E-state index in [4.69, 9.17) is 0 Å². The fraction of sp³-hybridized carbons (Fsp3) is 0.533. The number of hydrogen-bond acceptors (Lipinski definition) is 4. The molecular weight excluding hydrogens is 324 g/mol. The van der Waals surface area contributed by atoms with E-state index in [0.29, 0.717) is 4.58 Å². The van der Waals surface area contributed by atoms with E-state index in [1.807, 2.05) is 35.7 Å². The van der Waals surface area contributed by atoms with Gasteiger partial charge in [0.15, 0.2) is 0 Å². The Morgan fingerprint density at radius 1 is 1.19 bits per heavy atom. The Morgan fingerprint density at radius 2 is 1.90 bits per heavy atom. The molecule has 116 valence electrons. The van der Waals surface area contributed by atoms with Crippen molar-refractivity contribution in [1.82, 2.24) is 10.6 Å². The van der Waals surface area contributed by atoms with E-state index in [2.05, 4.69) is 22.8 Å². The Labute approximate surface area is 140 Å². The zero-order chi connectivity index (χ0) is 13.8. The van der Waals surface area contributed by atoms with E-state index in [1.54, 1.807) is 0 Å². The van der Waals surface area contributed by atoms with Crippen LogP contribution in [0.5, 0.6) is 0 Å². The Morgan fingerprint density at radius 3 is 2.52 bits per heavy atom. The monoisotopic (exact) mass is 344 g/mol. The van der Waals surface area contributed by atoms with Crippen molar-refractivity contribution in [3.63, 3.8) is 0 Å². The van der Waals surface area contributed by atoms with Crippen molar-refractivity contribution in [2.45, 2.75) is 23.5 Å². The summed E-state index contributed by atoms with van der Waals surface area (Å²) in [6, 6.07) is 8.42. The Bertz CT molecular complexity index is 457. The Balaban J connectivity index is 0.00000161. The molecule has 0 aliphatic carbocycles. The van der Waals surface area contributed by atoms with Crippen LogP contribution < -0.4 is 10.6 Å². The molecule has 1 unspecified atom stereocenters. The summed E-state index contributed by atoms with van der Waals surface area (Å²) in [5, 5.41) is 6.34. The SMILES string of the molecule is Cl.O=C(NC1CCNC1)c1ccc(C2SCCCS2)cc1. The minimum absolute atomic E-state index is 0. The highest BCUT2D eigenvalue weighted by Crippen LogP contribution is 2.43. The molecule has 0 aromatic heterocycles. The van der Waals surface area contributed by atoms with E-state index in [9.17, 15) is 4.79 Å². The number of amides is 1. The lowest BCUT2D eigenvalue weighted by Crippen LogP contribution is -2.36. The number of carbonyl (C=O) groups is 1. The predicted molar refractivity (Wildman–Crippen MR) is 94.7 cm³/mol. The third-order valence-corrected chi connectivity index (χ3v) is 6.68. The topological polar surface area (TPSA) is 41.1 Å². The molecule has 1 amide bonds. The summed E-state index contributed by atoms with van der Waals surface area (Å²) in [5.41, 5.74) is 2.10. The van der Waals surface area contributed by atoms with Gasteiger partial charge in [-0.3, -0.25) is 4.79 Å². The van der Waals surface area contributed by atoms with E-state index in [1.165, 1.54) is 23.5 Å². The van der Waals surface area contributed by atoms with Crippen molar-refractivity contribution in [2.24, 2.45) is 0 Å². The molecule has 6 heteroatoms. The molecule has 2 N–H and O–H groups in total. The fourth-order valence-corrected chi connectivity index (χ4v) is 5.41. The Hall–Kier alpha value is -0.360. The summed E-state index contributed by atoms with van der Waals surface area (Å²) >= 11 is 4.02. The maximum atomic E-state index is 12.1. The smallest absolute Gasteiger partial charge is 0.251 e. The number of nitrogens with one attached hydrogen (secondary N) is 2. The molecule has 2 heterocycles. The molecule has 2 saturated heterocycles. The molecule has 0 saturated carbocycles. The van der Waals surface area contributed by atoms with Crippen molar-refractivity contribution >= 4 is 41.8 Å². The molecule has 0 bridgehead atoms. The third-order valence-electron chi connectivity index (χ3n) is 3.67. The number of thioether (sulfide) groups is 2. The van der Waals surface area contributed by atoms with Crippen LogP contribution in [0.15, 0.2) is 24.3 Å². The average molecular weight is 345 g/mol. The molecule has 1 atom stereocenters. The van der Waals surface area contributed by atoms with E-state index in [-0.39, 0.29) is 24.4 Å². The second-order valence-corrected chi connectivity index (χ2v) is 7.94. The van der Waals surface area contributed by atoms with Gasteiger partial charge in [-0.15, -0.1) is 35.9 Å². The normalized spacial score (nSPS) is 22.6. The lowest BCUT2D eigenvalue weighted by Gasteiger charge is -2.21. The van der Waals surface area contributed by atoms with Crippen LogP contribution in [0.3, 0.4) is 0 Å². The van der Waals surface area contributed by atoms with E-state index < -0.39 is 0 Å². The molecular formula is C15H21ClN2OS2. The zero-order valence-corrected chi connectivity index (χ0v) is 14.3. The molecule has 21 heavy (non-hydrogen) atoms. The summed E-state index contributed by atoms with van der Waals surface area (Å²) in [4.78, 5) is 12.1. The minimum Gasteiger partial charge on any atom is -0.348 e. The van der Waals surface area contributed by atoms with Gasteiger partial charge in [0.25, 0.3) is 5.91 Å². The van der Waals surface area contributed by atoms with Gasteiger partial charge in [0.2, 0.25) is 0 Å². The highest BCUT2D eigenvalue weighted by molar-refractivity contribution is 8.16. The largest absolute Gasteiger partial charge is 0.348 e. The summed E-state index contributed by atoms with van der Waals surface area (Å²) in [5.74, 6) is 2.54. The maximum Gasteiger partial charge on any atom is 0.251 e. The number of rotatable bonds is 3. The summed E-state index contributed by atoms with van der Waals surface area (Å²) in [6.07, 6.45) is 2.33. The molecule has 2 fully saturated rings. The van der Waals surface area contributed by atoms with Crippen LogP contribution in [-0.4, -0.2) is 36.5 Å². The van der Waals surface area contributed by atoms with Gasteiger partial charge in [0.1, 0.15) is 0 Å². The quantitative estimate of drug-likeness (QED) is 0.884. The molecule has 3 rings (SSSR count). The van der Waals surface area contributed by atoms with Crippen LogP contribution >= 0.6 is 35.9 Å². The van der Waals surface area contributed by atoms with E-state index >= 15 is 0 Å². The van der Waals surface area contributed by atoms with Gasteiger partial charge in [0, 0.05) is 18.2 Å². The number of benzene rings is 1. The highest BCUT2D eigenvalue weighted by Gasteiger charge is 2.19. The van der Waals surface area contributed by atoms with Gasteiger partial charge in [-0.05, 0) is 48.6 Å². The second-order valence-electron chi connectivity index (χ2n) is 5.21. The third kappa shape index (κ3) is 4.55. The number of halogens is 1. The van der Waals surface area contributed by atoms with Crippen molar-refractivity contribution < 1.29 is 4.79 Å². The van der Waals surface area contributed by atoms with Crippen LogP contribution in [0.25, 0.3) is 0 Å². The zero-order valence-electron chi connectivity index (χ0n) is 11.8. The van der Waals surface area contributed by atoms with Crippen molar-refractivity contribution in [2.75, 3.05) is 24.6 Å². The molecule has 3 nitrogen and oxygen atoms in total. The standard InChI is InChI=1S/C15H20N2OS2.ClH/c18-14(17-13-6-7-16-10-13)11-2-4-12(5-3-11)15-19-8-1-9-20-15;/h2-5,13,15-16H,1,6-10H2,(H,17,18);1H. The Kier molecular flexibility index (Phi) is 6.74. The van der Waals surface area contributed by atoms with Crippen LogP contribution in [0, 0.1) is 0 Å². The first-order valence-electron chi connectivity index (χ1n) is 7.18. The first kappa shape index (κ1) is 17.0. The lowest BCUT2D eigenvalue weighted by molar-refractivity contribution is 0.0940. The van der Waals surface area contributed by atoms with Crippen LogP contribution in [0.2, 0.25) is 0 Å². The molecule has 1 aromatic rings. The maximum absolute atomic E-state index is 12.1. The first-order chi connectivity index (χ1) is 9.83. The summed E-state index contributed by atoms with van der Waals surface area (Å²) in [7, 11) is 0. The van der Waals surface area contributed by atoms with Gasteiger partial charge >= 0.3 is 0 Å².